The number of morpholine rings is 1. The molecule has 4 heterocycles. The molecule has 2 aromatic heterocycles. The second-order valence-corrected chi connectivity index (χ2v) is 14.4. The van der Waals surface area contributed by atoms with Crippen LogP contribution in [0.3, 0.4) is 0 Å². The second kappa shape index (κ2) is 11.8. The number of para-hydroxylation sites is 1. The maximum atomic E-state index is 13.8. The van der Waals surface area contributed by atoms with E-state index in [0.717, 1.165) is 55.3 Å². The predicted molar refractivity (Wildman–Crippen MR) is 150 cm³/mol. The summed E-state index contributed by atoms with van der Waals surface area (Å²) in [6.45, 7) is 5.26. The first kappa shape index (κ1) is 27.3. The van der Waals surface area contributed by atoms with Crippen molar-refractivity contribution in [3.63, 3.8) is 0 Å². The molecule has 200 valence electrons. The second-order valence-electron chi connectivity index (χ2n) is 9.12. The molecular formula is C24H28Cl2N4O4S3. The van der Waals surface area contributed by atoms with Gasteiger partial charge in [-0.15, -0.1) is 11.3 Å². The minimum absolute atomic E-state index is 0.00614. The SMILES string of the molecule is O=C(C1CCN(S(=O)(=O)c2ccc(Cl)s2)CC1)N(CCCN1CCOCC1)c1nc2c(Cl)cccc2s1. The summed E-state index contributed by atoms with van der Waals surface area (Å²) in [5.41, 5.74) is 0.700. The van der Waals surface area contributed by atoms with Gasteiger partial charge >= 0.3 is 0 Å². The van der Waals surface area contributed by atoms with Crippen molar-refractivity contribution in [2.45, 2.75) is 23.5 Å². The van der Waals surface area contributed by atoms with Crippen LogP contribution in [0.25, 0.3) is 10.2 Å². The number of fused-ring (bicyclic) bond motifs is 1. The van der Waals surface area contributed by atoms with Gasteiger partial charge in [0.25, 0.3) is 10.0 Å². The van der Waals surface area contributed by atoms with Crippen molar-refractivity contribution in [1.29, 1.82) is 0 Å². The summed E-state index contributed by atoms with van der Waals surface area (Å²) < 4.78 is 34.5. The Hall–Kier alpha value is -1.31. The Balaban J connectivity index is 1.30. The van der Waals surface area contributed by atoms with Crippen LogP contribution in [0.4, 0.5) is 5.13 Å². The smallest absolute Gasteiger partial charge is 0.252 e. The molecule has 2 aliphatic heterocycles. The Morgan fingerprint density at radius 3 is 2.51 bits per heavy atom. The third-order valence-electron chi connectivity index (χ3n) is 6.76. The average molecular weight is 604 g/mol. The van der Waals surface area contributed by atoms with Crippen LogP contribution in [-0.2, 0) is 19.6 Å². The monoisotopic (exact) mass is 602 g/mol. The van der Waals surface area contributed by atoms with Gasteiger partial charge in [0.15, 0.2) is 5.13 Å². The van der Waals surface area contributed by atoms with Crippen LogP contribution >= 0.6 is 45.9 Å². The van der Waals surface area contributed by atoms with Gasteiger partial charge in [0.2, 0.25) is 5.91 Å². The lowest BCUT2D eigenvalue weighted by Crippen LogP contribution is -2.45. The first-order chi connectivity index (χ1) is 17.8. The highest BCUT2D eigenvalue weighted by molar-refractivity contribution is 7.91. The molecule has 0 spiro atoms. The third kappa shape index (κ3) is 6.14. The van der Waals surface area contributed by atoms with Gasteiger partial charge in [0.1, 0.15) is 9.73 Å². The molecule has 1 aromatic carbocycles. The minimum atomic E-state index is -3.61. The fourth-order valence-electron chi connectivity index (χ4n) is 4.72. The summed E-state index contributed by atoms with van der Waals surface area (Å²) in [7, 11) is -3.61. The number of piperidine rings is 1. The zero-order valence-electron chi connectivity index (χ0n) is 20.1. The van der Waals surface area contributed by atoms with Crippen molar-refractivity contribution in [2.24, 2.45) is 5.92 Å². The highest BCUT2D eigenvalue weighted by Crippen LogP contribution is 2.35. The third-order valence-corrected chi connectivity index (χ3v) is 11.7. The van der Waals surface area contributed by atoms with Crippen molar-refractivity contribution in [3.05, 3.63) is 39.7 Å². The molecule has 5 rings (SSSR count). The summed E-state index contributed by atoms with van der Waals surface area (Å²) in [6, 6.07) is 8.77. The number of thiophene rings is 1. The lowest BCUT2D eigenvalue weighted by Gasteiger charge is -2.33. The number of ether oxygens (including phenoxy) is 1. The number of rotatable bonds is 8. The molecule has 2 fully saturated rings. The molecule has 1 amide bonds. The van der Waals surface area contributed by atoms with Crippen LogP contribution in [0.2, 0.25) is 9.36 Å². The fraction of sp³-hybridized carbons (Fsp3) is 0.500. The predicted octanol–water partition coefficient (Wildman–Crippen LogP) is 4.82. The Morgan fingerprint density at radius 1 is 1.08 bits per heavy atom. The molecule has 2 saturated heterocycles. The van der Waals surface area contributed by atoms with Crippen LogP contribution in [-0.4, -0.2) is 81.0 Å². The molecule has 13 heteroatoms. The van der Waals surface area contributed by atoms with E-state index >= 15 is 0 Å². The van der Waals surface area contributed by atoms with E-state index in [0.29, 0.717) is 52.5 Å². The zero-order chi connectivity index (χ0) is 26.0. The molecular weight excluding hydrogens is 575 g/mol. The highest BCUT2D eigenvalue weighted by Gasteiger charge is 2.35. The van der Waals surface area contributed by atoms with Crippen molar-refractivity contribution in [1.82, 2.24) is 14.2 Å². The number of hydrogen-bond donors (Lipinski definition) is 0. The van der Waals surface area contributed by atoms with Crippen LogP contribution in [0.1, 0.15) is 19.3 Å². The summed E-state index contributed by atoms with van der Waals surface area (Å²) in [5.74, 6) is -0.280. The first-order valence-electron chi connectivity index (χ1n) is 12.2. The van der Waals surface area contributed by atoms with E-state index in [9.17, 15) is 13.2 Å². The van der Waals surface area contributed by atoms with Gasteiger partial charge < -0.3 is 4.74 Å². The van der Waals surface area contributed by atoms with E-state index in [4.69, 9.17) is 32.9 Å². The number of thiazole rings is 1. The van der Waals surface area contributed by atoms with Gasteiger partial charge in [-0.1, -0.05) is 40.6 Å². The van der Waals surface area contributed by atoms with Gasteiger partial charge in [-0.2, -0.15) is 4.31 Å². The quantitative estimate of drug-likeness (QED) is 0.367. The number of aromatic nitrogens is 1. The molecule has 0 N–H and O–H groups in total. The summed E-state index contributed by atoms with van der Waals surface area (Å²) in [4.78, 5) is 22.7. The van der Waals surface area contributed by atoms with Gasteiger partial charge in [-0.25, -0.2) is 13.4 Å². The van der Waals surface area contributed by atoms with E-state index in [-0.39, 0.29) is 16.0 Å². The number of anilines is 1. The molecule has 0 bridgehead atoms. The fourth-order valence-corrected chi connectivity index (χ4v) is 9.13. The molecule has 0 aliphatic carbocycles. The zero-order valence-corrected chi connectivity index (χ0v) is 24.1. The number of hydrogen-bond acceptors (Lipinski definition) is 8. The standard InChI is InChI=1S/C24H28Cl2N4O4S3/c25-18-3-1-4-19-22(18)27-24(35-19)30(10-2-9-28-13-15-34-16-14-28)23(31)17-7-11-29(12-8-17)37(32,33)21-6-5-20(26)36-21/h1,3-6,17H,2,7-16H2. The summed E-state index contributed by atoms with van der Waals surface area (Å²) >= 11 is 14.8. The molecule has 37 heavy (non-hydrogen) atoms. The van der Waals surface area contributed by atoms with Crippen molar-refractivity contribution < 1.29 is 17.9 Å². The molecule has 0 unspecified atom stereocenters. The summed E-state index contributed by atoms with van der Waals surface area (Å²) in [6.07, 6.45) is 1.73. The highest BCUT2D eigenvalue weighted by atomic mass is 35.5. The average Bonchev–Trinajstić information content (AvgIpc) is 3.55. The van der Waals surface area contributed by atoms with Crippen molar-refractivity contribution in [3.8, 4) is 0 Å². The number of amides is 1. The number of carbonyl (C=O) groups is 1. The molecule has 8 nitrogen and oxygen atoms in total. The normalized spacial score (nSPS) is 18.4. The van der Waals surface area contributed by atoms with E-state index < -0.39 is 10.0 Å². The van der Waals surface area contributed by atoms with E-state index in [2.05, 4.69) is 4.90 Å². The molecule has 0 saturated carbocycles. The van der Waals surface area contributed by atoms with Crippen LogP contribution in [0, 0.1) is 5.92 Å². The summed E-state index contributed by atoms with van der Waals surface area (Å²) in [5, 5.41) is 1.20. The van der Waals surface area contributed by atoms with E-state index in [1.165, 1.54) is 21.7 Å². The van der Waals surface area contributed by atoms with Gasteiger partial charge in [0.05, 0.1) is 27.3 Å². The lowest BCUT2D eigenvalue weighted by molar-refractivity contribution is -0.123. The van der Waals surface area contributed by atoms with Crippen LogP contribution in [0.15, 0.2) is 34.5 Å². The number of halogens is 2. The van der Waals surface area contributed by atoms with Crippen LogP contribution < -0.4 is 4.90 Å². The lowest BCUT2D eigenvalue weighted by atomic mass is 9.96. The molecule has 0 radical (unpaired) electrons. The molecule has 3 aromatic rings. The topological polar surface area (TPSA) is 83.1 Å². The maximum Gasteiger partial charge on any atom is 0.252 e. The maximum absolute atomic E-state index is 13.8. The number of nitrogens with zero attached hydrogens (tertiary/aromatic N) is 4. The molecule has 2 aliphatic rings. The van der Waals surface area contributed by atoms with Gasteiger partial charge in [0, 0.05) is 45.2 Å². The largest absolute Gasteiger partial charge is 0.379 e. The Bertz CT molecular complexity index is 1350. The Kier molecular flexibility index (Phi) is 8.72. The Morgan fingerprint density at radius 2 is 1.84 bits per heavy atom. The van der Waals surface area contributed by atoms with Crippen molar-refractivity contribution in [2.75, 3.05) is 57.4 Å². The number of benzene rings is 1. The van der Waals surface area contributed by atoms with E-state index in [1.807, 2.05) is 12.1 Å². The van der Waals surface area contributed by atoms with Gasteiger partial charge in [-0.3, -0.25) is 14.6 Å². The molecule has 0 atom stereocenters. The number of sulfonamides is 1. The van der Waals surface area contributed by atoms with E-state index in [1.54, 1.807) is 17.0 Å². The van der Waals surface area contributed by atoms with Gasteiger partial charge in [-0.05, 0) is 43.5 Å². The van der Waals surface area contributed by atoms with Crippen molar-refractivity contribution >= 4 is 77.2 Å². The first-order valence-corrected chi connectivity index (χ1v) is 16.1. The Labute approximate surface area is 234 Å². The minimum Gasteiger partial charge on any atom is -0.379 e. The van der Waals surface area contributed by atoms with Crippen LogP contribution in [0.5, 0.6) is 0 Å². The number of carbonyl (C=O) groups excluding carboxylic acids is 1.